The number of benzene rings is 1. The first kappa shape index (κ1) is 9.81. The van der Waals surface area contributed by atoms with Crippen LogP contribution in [0.2, 0.25) is 0 Å². The van der Waals surface area contributed by atoms with Crippen LogP contribution >= 0.6 is 31.9 Å². The molecular formula is C9H8Br2O. The normalized spacial score (nSPS) is 9.58. The first-order chi connectivity index (χ1) is 5.63. The topological polar surface area (TPSA) is 9.23 Å². The van der Waals surface area contributed by atoms with Crippen LogP contribution < -0.4 is 0 Å². The van der Waals surface area contributed by atoms with Gasteiger partial charge in [0.2, 0.25) is 0 Å². The Morgan fingerprint density at radius 1 is 1.25 bits per heavy atom. The third-order valence-electron chi connectivity index (χ3n) is 1.43. The lowest BCUT2D eigenvalue weighted by Crippen LogP contribution is -1.85. The standard InChI is InChI=1S/C9H8Br2O/c1-6(12-2)7-3-8(10)5-9(11)4-7/h3-5H,1H2,2H3. The Kier molecular flexibility index (Phi) is 3.35. The second-order valence-corrected chi connectivity index (χ2v) is 4.12. The van der Waals surface area contributed by atoms with Crippen LogP contribution in [0.5, 0.6) is 0 Å². The molecule has 12 heavy (non-hydrogen) atoms. The number of halogens is 2. The van der Waals surface area contributed by atoms with E-state index in [1.165, 1.54) is 0 Å². The lowest BCUT2D eigenvalue weighted by atomic mass is 10.2. The zero-order valence-corrected chi connectivity index (χ0v) is 9.78. The lowest BCUT2D eigenvalue weighted by Gasteiger charge is -2.04. The maximum absolute atomic E-state index is 5.01. The molecule has 0 aliphatic carbocycles. The third-order valence-corrected chi connectivity index (χ3v) is 2.35. The van der Waals surface area contributed by atoms with E-state index in [0.29, 0.717) is 5.76 Å². The van der Waals surface area contributed by atoms with E-state index in [2.05, 4.69) is 38.4 Å². The fraction of sp³-hybridized carbons (Fsp3) is 0.111. The highest BCUT2D eigenvalue weighted by Gasteiger charge is 2.00. The Balaban J connectivity index is 3.08. The van der Waals surface area contributed by atoms with Gasteiger partial charge in [0.15, 0.2) is 0 Å². The van der Waals surface area contributed by atoms with Crippen molar-refractivity contribution in [1.82, 2.24) is 0 Å². The van der Waals surface area contributed by atoms with Gasteiger partial charge in [0, 0.05) is 14.5 Å². The van der Waals surface area contributed by atoms with Crippen molar-refractivity contribution in [3.63, 3.8) is 0 Å². The Bertz CT molecular complexity index is 287. The molecule has 0 spiro atoms. The van der Waals surface area contributed by atoms with Crippen LogP contribution in [0.15, 0.2) is 33.7 Å². The van der Waals surface area contributed by atoms with Crippen LogP contribution in [0.3, 0.4) is 0 Å². The average molecular weight is 292 g/mol. The van der Waals surface area contributed by atoms with Crippen LogP contribution in [0, 0.1) is 0 Å². The van der Waals surface area contributed by atoms with E-state index >= 15 is 0 Å². The summed E-state index contributed by atoms with van der Waals surface area (Å²) < 4.78 is 7.02. The Morgan fingerprint density at radius 3 is 2.17 bits per heavy atom. The Morgan fingerprint density at radius 2 is 1.75 bits per heavy atom. The van der Waals surface area contributed by atoms with Gasteiger partial charge in [0.05, 0.1) is 7.11 Å². The molecule has 3 heteroatoms. The number of rotatable bonds is 2. The molecule has 0 unspecified atom stereocenters. The molecule has 0 heterocycles. The molecule has 0 aliphatic heterocycles. The fourth-order valence-electron chi connectivity index (χ4n) is 0.833. The molecule has 0 bridgehead atoms. The summed E-state index contributed by atoms with van der Waals surface area (Å²) in [5.74, 6) is 0.664. The molecule has 0 aliphatic rings. The van der Waals surface area contributed by atoms with Crippen LogP contribution in [0.25, 0.3) is 5.76 Å². The maximum atomic E-state index is 5.01. The summed E-state index contributed by atoms with van der Waals surface area (Å²) in [6.07, 6.45) is 0. The minimum absolute atomic E-state index is 0.664. The summed E-state index contributed by atoms with van der Waals surface area (Å²) in [7, 11) is 1.61. The van der Waals surface area contributed by atoms with Gasteiger partial charge in [-0.2, -0.15) is 0 Å². The molecule has 64 valence electrons. The van der Waals surface area contributed by atoms with E-state index in [0.717, 1.165) is 14.5 Å². The van der Waals surface area contributed by atoms with Crippen molar-refractivity contribution < 1.29 is 4.74 Å². The van der Waals surface area contributed by atoms with Crippen molar-refractivity contribution in [2.45, 2.75) is 0 Å². The van der Waals surface area contributed by atoms with Crippen LogP contribution in [-0.2, 0) is 4.74 Å². The molecule has 1 aromatic carbocycles. The number of hydrogen-bond donors (Lipinski definition) is 0. The summed E-state index contributed by atoms with van der Waals surface area (Å²) in [5.41, 5.74) is 0.971. The molecule has 1 rings (SSSR count). The van der Waals surface area contributed by atoms with Gasteiger partial charge in [-0.1, -0.05) is 38.4 Å². The number of ether oxygens (including phenoxy) is 1. The van der Waals surface area contributed by atoms with Crippen LogP contribution in [0.4, 0.5) is 0 Å². The van der Waals surface area contributed by atoms with Crippen LogP contribution in [0.1, 0.15) is 5.56 Å². The minimum atomic E-state index is 0.664. The van der Waals surface area contributed by atoms with Gasteiger partial charge in [-0.25, -0.2) is 0 Å². The van der Waals surface area contributed by atoms with E-state index in [1.807, 2.05) is 18.2 Å². The van der Waals surface area contributed by atoms with E-state index in [4.69, 9.17) is 4.74 Å². The van der Waals surface area contributed by atoms with E-state index in [-0.39, 0.29) is 0 Å². The van der Waals surface area contributed by atoms with Crippen molar-refractivity contribution in [1.29, 1.82) is 0 Å². The molecule has 1 aromatic rings. The minimum Gasteiger partial charge on any atom is -0.497 e. The zero-order valence-electron chi connectivity index (χ0n) is 6.60. The van der Waals surface area contributed by atoms with E-state index in [9.17, 15) is 0 Å². The molecule has 0 N–H and O–H groups in total. The second kappa shape index (κ2) is 4.10. The molecule has 0 atom stereocenters. The van der Waals surface area contributed by atoms with Gasteiger partial charge < -0.3 is 4.74 Å². The van der Waals surface area contributed by atoms with Crippen LogP contribution in [-0.4, -0.2) is 7.11 Å². The van der Waals surface area contributed by atoms with Crippen molar-refractivity contribution in [3.05, 3.63) is 39.3 Å². The fourth-order valence-corrected chi connectivity index (χ4v) is 2.13. The number of methoxy groups -OCH3 is 1. The molecule has 0 fully saturated rings. The van der Waals surface area contributed by atoms with Crippen molar-refractivity contribution in [3.8, 4) is 0 Å². The quantitative estimate of drug-likeness (QED) is 0.753. The average Bonchev–Trinajstić information content (AvgIpc) is 2.01. The van der Waals surface area contributed by atoms with Gasteiger partial charge in [0.25, 0.3) is 0 Å². The van der Waals surface area contributed by atoms with Gasteiger partial charge in [-0.15, -0.1) is 0 Å². The molecule has 0 saturated carbocycles. The monoisotopic (exact) mass is 290 g/mol. The van der Waals surface area contributed by atoms with Gasteiger partial charge >= 0.3 is 0 Å². The highest BCUT2D eigenvalue weighted by atomic mass is 79.9. The predicted octanol–water partition coefficient (Wildman–Crippen LogP) is 3.83. The van der Waals surface area contributed by atoms with Crippen molar-refractivity contribution in [2.75, 3.05) is 7.11 Å². The first-order valence-electron chi connectivity index (χ1n) is 3.33. The molecule has 0 saturated heterocycles. The highest BCUT2D eigenvalue weighted by molar-refractivity contribution is 9.11. The molecule has 0 radical (unpaired) electrons. The maximum Gasteiger partial charge on any atom is 0.118 e. The molecular weight excluding hydrogens is 284 g/mol. The molecule has 0 aromatic heterocycles. The summed E-state index contributed by atoms with van der Waals surface area (Å²) in [4.78, 5) is 0. The second-order valence-electron chi connectivity index (χ2n) is 2.29. The largest absolute Gasteiger partial charge is 0.497 e. The Hall–Kier alpha value is -0.280. The predicted molar refractivity (Wildman–Crippen MR) is 57.9 cm³/mol. The Labute approximate surface area is 88.7 Å². The van der Waals surface area contributed by atoms with Crippen molar-refractivity contribution >= 4 is 37.6 Å². The lowest BCUT2D eigenvalue weighted by molar-refractivity contribution is 0.371. The summed E-state index contributed by atoms with van der Waals surface area (Å²) in [6, 6.07) is 5.87. The van der Waals surface area contributed by atoms with E-state index < -0.39 is 0 Å². The van der Waals surface area contributed by atoms with E-state index in [1.54, 1.807) is 7.11 Å². The van der Waals surface area contributed by atoms with Gasteiger partial charge in [-0.05, 0) is 18.2 Å². The molecule has 1 nitrogen and oxygen atoms in total. The van der Waals surface area contributed by atoms with Crippen molar-refractivity contribution in [2.24, 2.45) is 0 Å². The zero-order chi connectivity index (χ0) is 9.14. The third kappa shape index (κ3) is 2.35. The first-order valence-corrected chi connectivity index (χ1v) is 4.91. The van der Waals surface area contributed by atoms with Gasteiger partial charge in [-0.3, -0.25) is 0 Å². The summed E-state index contributed by atoms with van der Waals surface area (Å²) >= 11 is 6.77. The smallest absolute Gasteiger partial charge is 0.118 e. The van der Waals surface area contributed by atoms with Gasteiger partial charge in [0.1, 0.15) is 5.76 Å². The molecule has 0 amide bonds. The number of hydrogen-bond acceptors (Lipinski definition) is 1. The summed E-state index contributed by atoms with van der Waals surface area (Å²) in [6.45, 7) is 3.76. The SMILES string of the molecule is C=C(OC)c1cc(Br)cc(Br)c1. The summed E-state index contributed by atoms with van der Waals surface area (Å²) in [5, 5.41) is 0. The highest BCUT2D eigenvalue weighted by Crippen LogP contribution is 2.24.